The highest BCUT2D eigenvalue weighted by Crippen LogP contribution is 2.26. The fraction of sp³-hybridized carbons (Fsp3) is 0.462. The van der Waals surface area contributed by atoms with Crippen molar-refractivity contribution in [3.63, 3.8) is 0 Å². The minimum atomic E-state index is -0.220. The van der Waals surface area contributed by atoms with Gasteiger partial charge < -0.3 is 19.7 Å². The van der Waals surface area contributed by atoms with Crippen molar-refractivity contribution < 1.29 is 19.1 Å². The van der Waals surface area contributed by atoms with Gasteiger partial charge in [-0.05, 0) is 86.4 Å². The summed E-state index contributed by atoms with van der Waals surface area (Å²) in [5.74, 6) is 0.274. The zero-order valence-electron chi connectivity index (χ0n) is 19.0. The molecule has 1 atom stereocenters. The summed E-state index contributed by atoms with van der Waals surface area (Å²) in [6.07, 6.45) is 5.18. The molecule has 0 aromatic heterocycles. The highest BCUT2D eigenvalue weighted by molar-refractivity contribution is 5.95. The lowest BCUT2D eigenvalue weighted by Gasteiger charge is -2.25. The van der Waals surface area contributed by atoms with Crippen LogP contribution < -0.4 is 10.1 Å². The molecule has 0 radical (unpaired) electrons. The lowest BCUT2D eigenvalue weighted by atomic mass is 10.1. The Kier molecular flexibility index (Phi) is 7.10. The van der Waals surface area contributed by atoms with Crippen molar-refractivity contribution in [1.82, 2.24) is 4.90 Å². The molecule has 0 spiro atoms. The zero-order valence-corrected chi connectivity index (χ0v) is 19.0. The maximum atomic E-state index is 13.0. The SMILES string of the molecule is Cc1cccc(NC(=O)CN(CC2CCCO2)C(=O)COc2ccc3c(c2)CCC3)c1C. The highest BCUT2D eigenvalue weighted by atomic mass is 16.5. The van der Waals surface area contributed by atoms with Crippen molar-refractivity contribution in [2.24, 2.45) is 0 Å². The molecule has 1 unspecified atom stereocenters. The van der Waals surface area contributed by atoms with Gasteiger partial charge in [-0.25, -0.2) is 0 Å². The predicted molar refractivity (Wildman–Crippen MR) is 124 cm³/mol. The van der Waals surface area contributed by atoms with Gasteiger partial charge in [-0.2, -0.15) is 0 Å². The number of ether oxygens (including phenoxy) is 2. The zero-order chi connectivity index (χ0) is 22.5. The van der Waals surface area contributed by atoms with Gasteiger partial charge in [0.1, 0.15) is 12.3 Å². The number of aryl methyl sites for hydroxylation is 3. The Morgan fingerprint density at radius 2 is 1.97 bits per heavy atom. The van der Waals surface area contributed by atoms with Crippen LogP contribution in [0.15, 0.2) is 36.4 Å². The summed E-state index contributed by atoms with van der Waals surface area (Å²) in [7, 11) is 0. The van der Waals surface area contributed by atoms with Gasteiger partial charge in [0.2, 0.25) is 5.91 Å². The first-order chi connectivity index (χ1) is 15.5. The lowest BCUT2D eigenvalue weighted by Crippen LogP contribution is -2.44. The van der Waals surface area contributed by atoms with Crippen molar-refractivity contribution in [3.05, 3.63) is 58.7 Å². The van der Waals surface area contributed by atoms with E-state index in [0.717, 1.165) is 42.5 Å². The molecular formula is C26H32N2O4. The first-order valence-corrected chi connectivity index (χ1v) is 11.5. The van der Waals surface area contributed by atoms with E-state index in [9.17, 15) is 9.59 Å². The summed E-state index contributed by atoms with van der Waals surface area (Å²) < 4.78 is 11.5. The molecule has 1 N–H and O–H groups in total. The standard InChI is InChI=1S/C26H32N2O4/c1-18-6-3-10-24(19(18)2)27-25(29)16-28(15-23-9-5-13-31-23)26(30)17-32-22-12-11-20-7-4-8-21(20)14-22/h3,6,10-12,14,23H,4-5,7-9,13,15-17H2,1-2H3,(H,27,29). The van der Waals surface area contributed by atoms with Gasteiger partial charge in [-0.1, -0.05) is 18.2 Å². The maximum Gasteiger partial charge on any atom is 0.261 e. The molecule has 0 saturated carbocycles. The summed E-state index contributed by atoms with van der Waals surface area (Å²) in [5, 5.41) is 2.95. The highest BCUT2D eigenvalue weighted by Gasteiger charge is 2.25. The molecule has 2 amide bonds. The number of fused-ring (bicyclic) bond motifs is 1. The Morgan fingerprint density at radius 3 is 2.78 bits per heavy atom. The van der Waals surface area contributed by atoms with Crippen molar-refractivity contribution in [2.75, 3.05) is 31.6 Å². The Hall–Kier alpha value is -2.86. The Balaban J connectivity index is 1.39. The third-order valence-corrected chi connectivity index (χ3v) is 6.45. The van der Waals surface area contributed by atoms with Crippen molar-refractivity contribution in [2.45, 2.75) is 52.1 Å². The molecule has 170 valence electrons. The largest absolute Gasteiger partial charge is 0.484 e. The molecule has 32 heavy (non-hydrogen) atoms. The predicted octanol–water partition coefficient (Wildman–Crippen LogP) is 3.82. The van der Waals surface area contributed by atoms with E-state index in [1.165, 1.54) is 17.5 Å². The van der Waals surface area contributed by atoms with E-state index in [1.807, 2.05) is 44.2 Å². The van der Waals surface area contributed by atoms with Gasteiger partial charge in [0, 0.05) is 18.8 Å². The quantitative estimate of drug-likeness (QED) is 0.683. The number of amides is 2. The first kappa shape index (κ1) is 22.3. The fourth-order valence-electron chi connectivity index (χ4n) is 4.41. The smallest absolute Gasteiger partial charge is 0.261 e. The third-order valence-electron chi connectivity index (χ3n) is 6.45. The molecule has 1 saturated heterocycles. The normalized spacial score (nSPS) is 17.1. The summed E-state index contributed by atoms with van der Waals surface area (Å²) in [4.78, 5) is 27.4. The van der Waals surface area contributed by atoms with E-state index in [1.54, 1.807) is 4.90 Å². The molecule has 2 aromatic carbocycles. The van der Waals surface area contributed by atoms with Gasteiger partial charge in [0.05, 0.1) is 6.10 Å². The average molecular weight is 437 g/mol. The number of anilines is 1. The number of hydrogen-bond donors (Lipinski definition) is 1. The molecule has 2 aromatic rings. The van der Waals surface area contributed by atoms with Crippen molar-refractivity contribution >= 4 is 17.5 Å². The molecule has 1 aliphatic heterocycles. The summed E-state index contributed by atoms with van der Waals surface area (Å²) in [5.41, 5.74) is 5.58. The van der Waals surface area contributed by atoms with Gasteiger partial charge >= 0.3 is 0 Å². The molecular weight excluding hydrogens is 404 g/mol. The van der Waals surface area contributed by atoms with E-state index in [4.69, 9.17) is 9.47 Å². The van der Waals surface area contributed by atoms with Crippen LogP contribution in [-0.2, 0) is 27.2 Å². The molecule has 1 fully saturated rings. The fourth-order valence-corrected chi connectivity index (χ4v) is 4.41. The number of nitrogens with zero attached hydrogens (tertiary/aromatic N) is 1. The van der Waals surface area contributed by atoms with Crippen LogP contribution in [0.3, 0.4) is 0 Å². The second-order valence-corrected chi connectivity index (χ2v) is 8.78. The van der Waals surface area contributed by atoms with Crippen molar-refractivity contribution in [3.8, 4) is 5.75 Å². The summed E-state index contributed by atoms with van der Waals surface area (Å²) in [6.45, 7) is 4.96. The molecule has 1 heterocycles. The Morgan fingerprint density at radius 1 is 1.12 bits per heavy atom. The lowest BCUT2D eigenvalue weighted by molar-refractivity contribution is -0.138. The van der Waals surface area contributed by atoms with Crippen LogP contribution >= 0.6 is 0 Å². The van der Waals surface area contributed by atoms with Gasteiger partial charge in [-0.3, -0.25) is 9.59 Å². The molecule has 1 aliphatic carbocycles. The second-order valence-electron chi connectivity index (χ2n) is 8.78. The molecule has 6 heteroatoms. The van der Waals surface area contributed by atoms with Crippen LogP contribution in [0.5, 0.6) is 5.75 Å². The Bertz CT molecular complexity index is 982. The number of carbonyl (C=O) groups is 2. The van der Waals surface area contributed by atoms with E-state index >= 15 is 0 Å². The third kappa shape index (κ3) is 5.49. The van der Waals surface area contributed by atoms with Crippen LogP contribution in [-0.4, -0.2) is 49.1 Å². The summed E-state index contributed by atoms with van der Waals surface area (Å²) in [6, 6.07) is 11.8. The minimum absolute atomic E-state index is 0.0282. The first-order valence-electron chi connectivity index (χ1n) is 11.5. The molecule has 6 nitrogen and oxygen atoms in total. The van der Waals surface area contributed by atoms with E-state index in [2.05, 4.69) is 11.4 Å². The number of benzene rings is 2. The maximum absolute atomic E-state index is 13.0. The van der Waals surface area contributed by atoms with Gasteiger partial charge in [0.15, 0.2) is 6.61 Å². The monoisotopic (exact) mass is 436 g/mol. The second kappa shape index (κ2) is 10.2. The topological polar surface area (TPSA) is 67.9 Å². The minimum Gasteiger partial charge on any atom is -0.484 e. The van der Waals surface area contributed by atoms with Crippen LogP contribution in [0.4, 0.5) is 5.69 Å². The number of rotatable bonds is 8. The van der Waals surface area contributed by atoms with Crippen LogP contribution in [0.1, 0.15) is 41.5 Å². The summed E-state index contributed by atoms with van der Waals surface area (Å²) >= 11 is 0. The van der Waals surface area contributed by atoms with Crippen LogP contribution in [0.25, 0.3) is 0 Å². The van der Waals surface area contributed by atoms with Crippen LogP contribution in [0, 0.1) is 13.8 Å². The van der Waals surface area contributed by atoms with E-state index in [-0.39, 0.29) is 31.1 Å². The molecule has 4 rings (SSSR count). The molecule has 0 bridgehead atoms. The van der Waals surface area contributed by atoms with E-state index in [0.29, 0.717) is 18.9 Å². The van der Waals surface area contributed by atoms with Crippen molar-refractivity contribution in [1.29, 1.82) is 0 Å². The van der Waals surface area contributed by atoms with Crippen LogP contribution in [0.2, 0.25) is 0 Å². The molecule has 2 aliphatic rings. The van der Waals surface area contributed by atoms with E-state index < -0.39 is 0 Å². The average Bonchev–Trinajstić information content (AvgIpc) is 3.46. The number of nitrogens with one attached hydrogen (secondary N) is 1. The number of hydrogen-bond acceptors (Lipinski definition) is 4. The van der Waals surface area contributed by atoms with Gasteiger partial charge in [0.25, 0.3) is 5.91 Å². The number of carbonyl (C=O) groups excluding carboxylic acids is 2. The van der Waals surface area contributed by atoms with Gasteiger partial charge in [-0.15, -0.1) is 0 Å². The Labute approximate surface area is 189 Å².